The summed E-state index contributed by atoms with van der Waals surface area (Å²) in [7, 11) is 0. The third kappa shape index (κ3) is 5.49. The normalized spacial score (nSPS) is 13.1. The standard InChI is InChI=1S/C6H12NO2/c1-2-3-7-4-6(9)5-8/h2,6-7,9H,1,3-5H2. The number of nitrogens with one attached hydrogen (secondary N) is 1. The molecule has 3 heteroatoms. The largest absolute Gasteiger partial charge is 0.389 e. The summed E-state index contributed by atoms with van der Waals surface area (Å²) < 4.78 is 0. The van der Waals surface area contributed by atoms with E-state index in [0.717, 1.165) is 0 Å². The first-order valence-electron chi connectivity index (χ1n) is 2.89. The van der Waals surface area contributed by atoms with E-state index in [-0.39, 0.29) is 0 Å². The van der Waals surface area contributed by atoms with Crippen LogP contribution in [0.2, 0.25) is 0 Å². The quantitative estimate of drug-likeness (QED) is 0.391. The van der Waals surface area contributed by atoms with E-state index in [1.54, 1.807) is 6.08 Å². The van der Waals surface area contributed by atoms with Crippen LogP contribution in [0.4, 0.5) is 0 Å². The lowest BCUT2D eigenvalue weighted by Crippen LogP contribution is -2.28. The average Bonchev–Trinajstić information content (AvgIpc) is 1.89. The zero-order chi connectivity index (χ0) is 7.11. The summed E-state index contributed by atoms with van der Waals surface area (Å²) in [6, 6.07) is 0. The highest BCUT2D eigenvalue weighted by Crippen LogP contribution is 1.75. The van der Waals surface area contributed by atoms with E-state index in [0.29, 0.717) is 13.1 Å². The Balaban J connectivity index is 2.96. The second-order valence-electron chi connectivity index (χ2n) is 1.77. The van der Waals surface area contributed by atoms with Crippen LogP contribution in [0.25, 0.3) is 0 Å². The van der Waals surface area contributed by atoms with Gasteiger partial charge in [-0.1, -0.05) is 6.08 Å². The fraction of sp³-hybridized carbons (Fsp3) is 0.667. The molecule has 0 heterocycles. The first-order chi connectivity index (χ1) is 4.31. The Morgan fingerprint density at radius 3 is 2.89 bits per heavy atom. The number of hydrogen-bond donors (Lipinski definition) is 2. The van der Waals surface area contributed by atoms with E-state index >= 15 is 0 Å². The lowest BCUT2D eigenvalue weighted by Gasteiger charge is -2.04. The fourth-order valence-electron chi connectivity index (χ4n) is 0.411. The molecule has 1 atom stereocenters. The topological polar surface area (TPSA) is 52.2 Å². The molecule has 2 N–H and O–H groups in total. The fourth-order valence-corrected chi connectivity index (χ4v) is 0.411. The molecule has 0 rings (SSSR count). The predicted octanol–water partition coefficient (Wildman–Crippen LogP) is -0.447. The molecule has 0 bridgehead atoms. The maximum absolute atomic E-state index is 9.91. The smallest absolute Gasteiger partial charge is 0.109 e. The Morgan fingerprint density at radius 1 is 1.78 bits per heavy atom. The van der Waals surface area contributed by atoms with Crippen LogP contribution in [0, 0.1) is 0 Å². The molecular weight excluding hydrogens is 118 g/mol. The number of rotatable bonds is 5. The molecule has 3 nitrogen and oxygen atoms in total. The first-order valence-corrected chi connectivity index (χ1v) is 2.89. The second kappa shape index (κ2) is 5.75. The van der Waals surface area contributed by atoms with Crippen LogP contribution < -0.4 is 5.32 Å². The van der Waals surface area contributed by atoms with Crippen LogP contribution in [0.3, 0.4) is 0 Å². The minimum Gasteiger partial charge on any atom is -0.389 e. The van der Waals surface area contributed by atoms with Crippen molar-refractivity contribution in [2.45, 2.75) is 6.10 Å². The maximum Gasteiger partial charge on any atom is 0.109 e. The van der Waals surface area contributed by atoms with Gasteiger partial charge in [-0.15, -0.1) is 6.58 Å². The van der Waals surface area contributed by atoms with Crippen LogP contribution in [0.15, 0.2) is 12.7 Å². The number of aliphatic hydroxyl groups is 1. The average molecular weight is 130 g/mol. The summed E-state index contributed by atoms with van der Waals surface area (Å²) >= 11 is 0. The maximum atomic E-state index is 9.91. The van der Waals surface area contributed by atoms with E-state index in [1.807, 2.05) is 0 Å². The molecule has 0 aliphatic carbocycles. The summed E-state index contributed by atoms with van der Waals surface area (Å²) in [5.74, 6) is 0. The molecule has 0 aromatic heterocycles. The molecular formula is C6H12NO2. The van der Waals surface area contributed by atoms with E-state index in [9.17, 15) is 5.11 Å². The lowest BCUT2D eigenvalue weighted by atomic mass is 10.4. The molecule has 0 amide bonds. The molecule has 9 heavy (non-hydrogen) atoms. The summed E-state index contributed by atoms with van der Waals surface area (Å²) in [6.07, 6.45) is 0.919. The summed E-state index contributed by atoms with van der Waals surface area (Å²) in [5, 5.41) is 21.4. The van der Waals surface area contributed by atoms with Gasteiger partial charge in [0.1, 0.15) is 6.61 Å². The number of aliphatic hydroxyl groups excluding tert-OH is 1. The van der Waals surface area contributed by atoms with Crippen molar-refractivity contribution >= 4 is 0 Å². The molecule has 0 saturated heterocycles. The third-order valence-electron chi connectivity index (χ3n) is 0.861. The molecule has 1 unspecified atom stereocenters. The Labute approximate surface area is 55.0 Å². The highest BCUT2D eigenvalue weighted by atomic mass is 16.3. The van der Waals surface area contributed by atoms with Crippen molar-refractivity contribution in [2.75, 3.05) is 19.7 Å². The van der Waals surface area contributed by atoms with Gasteiger partial charge in [0.15, 0.2) is 0 Å². The summed E-state index contributed by atoms with van der Waals surface area (Å²) in [6.45, 7) is 4.01. The van der Waals surface area contributed by atoms with Crippen molar-refractivity contribution in [3.8, 4) is 0 Å². The zero-order valence-electron chi connectivity index (χ0n) is 5.34. The van der Waals surface area contributed by atoms with E-state index in [1.165, 1.54) is 0 Å². The van der Waals surface area contributed by atoms with Gasteiger partial charge in [0, 0.05) is 13.1 Å². The monoisotopic (exact) mass is 130 g/mol. The van der Waals surface area contributed by atoms with Crippen LogP contribution in [0.5, 0.6) is 0 Å². The zero-order valence-corrected chi connectivity index (χ0v) is 5.34. The van der Waals surface area contributed by atoms with Crippen molar-refractivity contribution in [1.82, 2.24) is 5.32 Å². The van der Waals surface area contributed by atoms with Gasteiger partial charge in [-0.2, -0.15) is 0 Å². The summed E-state index contributed by atoms with van der Waals surface area (Å²) in [5.41, 5.74) is 0. The van der Waals surface area contributed by atoms with Crippen molar-refractivity contribution in [3.63, 3.8) is 0 Å². The molecule has 0 saturated carbocycles. The van der Waals surface area contributed by atoms with Crippen molar-refractivity contribution in [3.05, 3.63) is 12.7 Å². The molecule has 53 valence electrons. The van der Waals surface area contributed by atoms with Crippen molar-refractivity contribution < 1.29 is 10.2 Å². The van der Waals surface area contributed by atoms with Crippen LogP contribution in [0.1, 0.15) is 0 Å². The Hall–Kier alpha value is -0.380. The van der Waals surface area contributed by atoms with E-state index in [2.05, 4.69) is 11.9 Å². The molecule has 0 aromatic carbocycles. The van der Waals surface area contributed by atoms with Crippen molar-refractivity contribution in [2.24, 2.45) is 0 Å². The molecule has 0 aliphatic heterocycles. The molecule has 1 radical (unpaired) electrons. The molecule has 0 aromatic rings. The Bertz CT molecular complexity index is 75.5. The van der Waals surface area contributed by atoms with E-state index < -0.39 is 12.7 Å². The van der Waals surface area contributed by atoms with Gasteiger partial charge in [-0.25, -0.2) is 5.11 Å². The SMILES string of the molecule is C=CCNCC(O)C[O]. The Morgan fingerprint density at radius 2 is 2.44 bits per heavy atom. The minimum atomic E-state index is -0.759. The highest BCUT2D eigenvalue weighted by molar-refractivity contribution is 4.70. The van der Waals surface area contributed by atoms with Gasteiger partial charge < -0.3 is 10.4 Å². The van der Waals surface area contributed by atoms with Gasteiger partial charge in [-0.05, 0) is 0 Å². The molecule has 0 aliphatic rings. The number of hydrogen-bond acceptors (Lipinski definition) is 2. The first kappa shape index (κ1) is 8.62. The van der Waals surface area contributed by atoms with Crippen LogP contribution >= 0.6 is 0 Å². The molecule has 0 spiro atoms. The summed E-state index contributed by atoms with van der Waals surface area (Å²) in [4.78, 5) is 0. The van der Waals surface area contributed by atoms with Crippen LogP contribution in [-0.2, 0) is 5.11 Å². The minimum absolute atomic E-state index is 0.357. The Kier molecular flexibility index (Phi) is 5.51. The molecule has 0 fully saturated rings. The van der Waals surface area contributed by atoms with Gasteiger partial charge >= 0.3 is 0 Å². The van der Waals surface area contributed by atoms with Crippen LogP contribution in [-0.4, -0.2) is 30.9 Å². The van der Waals surface area contributed by atoms with Gasteiger partial charge in [0.2, 0.25) is 0 Å². The van der Waals surface area contributed by atoms with Crippen molar-refractivity contribution in [1.29, 1.82) is 0 Å². The highest BCUT2D eigenvalue weighted by Gasteiger charge is 1.98. The second-order valence-corrected chi connectivity index (χ2v) is 1.77. The third-order valence-corrected chi connectivity index (χ3v) is 0.861. The van der Waals surface area contributed by atoms with E-state index in [4.69, 9.17) is 5.11 Å². The lowest BCUT2D eigenvalue weighted by molar-refractivity contribution is 0.0561. The predicted molar refractivity (Wildman–Crippen MR) is 34.6 cm³/mol. The van der Waals surface area contributed by atoms with Gasteiger partial charge in [0.05, 0.1) is 6.10 Å². The van der Waals surface area contributed by atoms with Gasteiger partial charge in [0.25, 0.3) is 0 Å². The van der Waals surface area contributed by atoms with Gasteiger partial charge in [-0.3, -0.25) is 0 Å².